The van der Waals surface area contributed by atoms with E-state index in [9.17, 15) is 10.1 Å². The molecular formula is C14H23N3O2. The molecule has 0 bridgehead atoms. The fourth-order valence-corrected chi connectivity index (χ4v) is 1.94. The molecule has 0 spiro atoms. The molecule has 0 fully saturated rings. The van der Waals surface area contributed by atoms with Gasteiger partial charge in [-0.25, -0.2) is 0 Å². The number of hydrogen-bond donors (Lipinski definition) is 1. The van der Waals surface area contributed by atoms with E-state index in [1.807, 2.05) is 21.0 Å². The van der Waals surface area contributed by atoms with Crippen molar-refractivity contribution in [3.63, 3.8) is 0 Å². The number of nitrogens with one attached hydrogen (secondary N) is 1. The zero-order valence-electron chi connectivity index (χ0n) is 12.3. The number of rotatable bonds is 6. The van der Waals surface area contributed by atoms with Crippen LogP contribution in [0.4, 0.5) is 11.4 Å². The fourth-order valence-electron chi connectivity index (χ4n) is 1.94. The average molecular weight is 265 g/mol. The second-order valence-corrected chi connectivity index (χ2v) is 5.51. The number of nitrogens with zero attached hydrogens (tertiary/aromatic N) is 2. The van der Waals surface area contributed by atoms with Crippen molar-refractivity contribution < 1.29 is 4.92 Å². The van der Waals surface area contributed by atoms with Crippen LogP contribution in [0.1, 0.15) is 19.4 Å². The van der Waals surface area contributed by atoms with Crippen LogP contribution in [-0.4, -0.2) is 36.5 Å². The average Bonchev–Trinajstić information content (AvgIpc) is 2.29. The molecule has 0 saturated carbocycles. The molecule has 0 amide bonds. The van der Waals surface area contributed by atoms with Gasteiger partial charge in [0.1, 0.15) is 0 Å². The highest BCUT2D eigenvalue weighted by Crippen LogP contribution is 2.23. The van der Waals surface area contributed by atoms with Gasteiger partial charge >= 0.3 is 0 Å². The van der Waals surface area contributed by atoms with Gasteiger partial charge in [0, 0.05) is 30.4 Å². The van der Waals surface area contributed by atoms with Gasteiger partial charge in [-0.05, 0) is 38.6 Å². The van der Waals surface area contributed by atoms with E-state index in [1.54, 1.807) is 18.2 Å². The predicted molar refractivity (Wildman–Crippen MR) is 78.6 cm³/mol. The van der Waals surface area contributed by atoms with Crippen LogP contribution in [0.15, 0.2) is 18.2 Å². The highest BCUT2D eigenvalue weighted by molar-refractivity contribution is 5.56. The molecule has 0 heterocycles. The molecule has 1 aromatic rings. The van der Waals surface area contributed by atoms with Crippen LogP contribution in [0.3, 0.4) is 0 Å². The first-order valence-electron chi connectivity index (χ1n) is 6.47. The lowest BCUT2D eigenvalue weighted by atomic mass is 10.0. The summed E-state index contributed by atoms with van der Waals surface area (Å²) >= 11 is 0. The standard InChI is InChI=1S/C14H23N3O2/c1-10(2)14(9-16(4)5)15-13-7-6-12(17(18)19)8-11(13)3/h6-8,10,14-15H,9H2,1-5H3. The van der Waals surface area contributed by atoms with Gasteiger partial charge in [-0.1, -0.05) is 13.8 Å². The van der Waals surface area contributed by atoms with Crippen molar-refractivity contribution >= 4 is 11.4 Å². The van der Waals surface area contributed by atoms with Gasteiger partial charge < -0.3 is 10.2 Å². The Morgan fingerprint density at radius 1 is 1.37 bits per heavy atom. The van der Waals surface area contributed by atoms with E-state index in [2.05, 4.69) is 24.1 Å². The summed E-state index contributed by atoms with van der Waals surface area (Å²) in [6.45, 7) is 7.15. The van der Waals surface area contributed by atoms with Crippen LogP contribution in [0.5, 0.6) is 0 Å². The summed E-state index contributed by atoms with van der Waals surface area (Å²) in [7, 11) is 4.08. The van der Waals surface area contributed by atoms with Crippen LogP contribution in [0.25, 0.3) is 0 Å². The number of anilines is 1. The lowest BCUT2D eigenvalue weighted by Gasteiger charge is -2.27. The van der Waals surface area contributed by atoms with Gasteiger partial charge in [-0.15, -0.1) is 0 Å². The first-order valence-corrected chi connectivity index (χ1v) is 6.47. The van der Waals surface area contributed by atoms with Gasteiger partial charge in [0.05, 0.1) is 4.92 Å². The molecule has 0 radical (unpaired) electrons. The molecule has 0 aliphatic carbocycles. The van der Waals surface area contributed by atoms with Crippen LogP contribution >= 0.6 is 0 Å². The second-order valence-electron chi connectivity index (χ2n) is 5.51. The van der Waals surface area contributed by atoms with Crippen molar-refractivity contribution in [3.05, 3.63) is 33.9 Å². The van der Waals surface area contributed by atoms with E-state index in [0.717, 1.165) is 17.8 Å². The summed E-state index contributed by atoms with van der Waals surface area (Å²) in [5, 5.41) is 14.2. The van der Waals surface area contributed by atoms with E-state index in [-0.39, 0.29) is 10.6 Å². The molecule has 5 nitrogen and oxygen atoms in total. The Labute approximate surface area is 114 Å². The van der Waals surface area contributed by atoms with Crippen LogP contribution < -0.4 is 5.32 Å². The molecule has 1 unspecified atom stereocenters. The molecule has 1 atom stereocenters. The third kappa shape index (κ3) is 4.52. The number of nitro groups is 1. The Balaban J connectivity index is 2.88. The number of aryl methyl sites for hydroxylation is 1. The van der Waals surface area contributed by atoms with Gasteiger partial charge in [0.25, 0.3) is 5.69 Å². The van der Waals surface area contributed by atoms with Gasteiger partial charge in [-0.3, -0.25) is 10.1 Å². The minimum Gasteiger partial charge on any atom is -0.381 e. The molecule has 0 saturated heterocycles. The van der Waals surface area contributed by atoms with Crippen molar-refractivity contribution in [2.75, 3.05) is 26.0 Å². The minimum atomic E-state index is -0.365. The van der Waals surface area contributed by atoms with E-state index < -0.39 is 0 Å². The molecule has 106 valence electrons. The van der Waals surface area contributed by atoms with E-state index in [0.29, 0.717) is 12.0 Å². The molecule has 0 aromatic heterocycles. The molecule has 0 aliphatic heterocycles. The van der Waals surface area contributed by atoms with Crippen LogP contribution in [0.2, 0.25) is 0 Å². The molecule has 1 aromatic carbocycles. The third-order valence-electron chi connectivity index (χ3n) is 3.13. The summed E-state index contributed by atoms with van der Waals surface area (Å²) in [6.07, 6.45) is 0. The SMILES string of the molecule is Cc1cc([N+](=O)[O-])ccc1NC(CN(C)C)C(C)C. The molecule has 0 aliphatic rings. The predicted octanol–water partition coefficient (Wildman–Crippen LogP) is 2.90. The minimum absolute atomic E-state index is 0.136. The van der Waals surface area contributed by atoms with Crippen LogP contribution in [-0.2, 0) is 0 Å². The first-order chi connectivity index (χ1) is 8.81. The highest BCUT2D eigenvalue weighted by atomic mass is 16.6. The Morgan fingerprint density at radius 3 is 2.42 bits per heavy atom. The van der Waals surface area contributed by atoms with Gasteiger partial charge in [0.15, 0.2) is 0 Å². The van der Waals surface area contributed by atoms with E-state index >= 15 is 0 Å². The highest BCUT2D eigenvalue weighted by Gasteiger charge is 2.16. The Bertz CT molecular complexity index is 444. The largest absolute Gasteiger partial charge is 0.381 e. The lowest BCUT2D eigenvalue weighted by molar-refractivity contribution is -0.384. The summed E-state index contributed by atoms with van der Waals surface area (Å²) in [4.78, 5) is 12.5. The van der Waals surface area contributed by atoms with Crippen molar-refractivity contribution in [3.8, 4) is 0 Å². The number of nitro benzene ring substituents is 1. The number of hydrogen-bond acceptors (Lipinski definition) is 4. The number of likely N-dealkylation sites (N-methyl/N-ethyl adjacent to an activating group) is 1. The quantitative estimate of drug-likeness (QED) is 0.634. The summed E-state index contributed by atoms with van der Waals surface area (Å²) in [5.41, 5.74) is 2.00. The summed E-state index contributed by atoms with van der Waals surface area (Å²) < 4.78 is 0. The maximum atomic E-state index is 10.7. The molecule has 19 heavy (non-hydrogen) atoms. The van der Waals surface area contributed by atoms with Crippen molar-refractivity contribution in [2.24, 2.45) is 5.92 Å². The van der Waals surface area contributed by atoms with E-state index in [4.69, 9.17) is 0 Å². The lowest BCUT2D eigenvalue weighted by Crippen LogP contribution is -2.36. The second kappa shape index (κ2) is 6.52. The monoisotopic (exact) mass is 265 g/mol. The fraction of sp³-hybridized carbons (Fsp3) is 0.571. The first kappa shape index (κ1) is 15.4. The molecule has 1 N–H and O–H groups in total. The zero-order valence-corrected chi connectivity index (χ0v) is 12.3. The molecular weight excluding hydrogens is 242 g/mol. The topological polar surface area (TPSA) is 58.4 Å². The Morgan fingerprint density at radius 2 is 2.00 bits per heavy atom. The summed E-state index contributed by atoms with van der Waals surface area (Å²) in [5.74, 6) is 0.483. The third-order valence-corrected chi connectivity index (χ3v) is 3.13. The van der Waals surface area contributed by atoms with Gasteiger partial charge in [0.2, 0.25) is 0 Å². The summed E-state index contributed by atoms with van der Waals surface area (Å²) in [6, 6.07) is 5.26. The molecule has 5 heteroatoms. The maximum absolute atomic E-state index is 10.7. The maximum Gasteiger partial charge on any atom is 0.269 e. The van der Waals surface area contributed by atoms with Crippen molar-refractivity contribution in [1.82, 2.24) is 4.90 Å². The normalized spacial score (nSPS) is 12.8. The Hall–Kier alpha value is -1.62. The number of benzene rings is 1. The number of non-ortho nitro benzene ring substituents is 1. The molecule has 1 rings (SSSR count). The van der Waals surface area contributed by atoms with E-state index in [1.165, 1.54) is 0 Å². The smallest absolute Gasteiger partial charge is 0.269 e. The van der Waals surface area contributed by atoms with Crippen LogP contribution in [0, 0.1) is 23.0 Å². The van der Waals surface area contributed by atoms with Gasteiger partial charge in [-0.2, -0.15) is 0 Å². The zero-order chi connectivity index (χ0) is 14.6. The Kier molecular flexibility index (Phi) is 5.30. The van der Waals surface area contributed by atoms with Crippen molar-refractivity contribution in [2.45, 2.75) is 26.8 Å². The van der Waals surface area contributed by atoms with Crippen molar-refractivity contribution in [1.29, 1.82) is 0 Å².